The van der Waals surface area contributed by atoms with Crippen molar-refractivity contribution in [1.82, 2.24) is 4.98 Å². The van der Waals surface area contributed by atoms with Gasteiger partial charge in [0.05, 0.1) is 24.2 Å². The number of rotatable bonds is 2. The lowest BCUT2D eigenvalue weighted by molar-refractivity contribution is 0.182. The number of pyridine rings is 1. The second kappa shape index (κ2) is 3.30. The summed E-state index contributed by atoms with van der Waals surface area (Å²) in [7, 11) is 1.53. The first-order chi connectivity index (χ1) is 5.24. The van der Waals surface area contributed by atoms with Crippen molar-refractivity contribution >= 4 is 5.69 Å². The minimum absolute atomic E-state index is 0.312. The van der Waals surface area contributed by atoms with Gasteiger partial charge in [-0.05, 0) is 0 Å². The van der Waals surface area contributed by atoms with Crippen LogP contribution in [0.4, 0.5) is 10.1 Å². The third-order valence-electron chi connectivity index (χ3n) is 1.25. The number of ether oxygens (including phenoxy) is 1. The zero-order valence-electron chi connectivity index (χ0n) is 6.17. The SMILES string of the molecule is COCc1ncc(F)cc1N. The fourth-order valence-electron chi connectivity index (χ4n) is 0.741. The highest BCUT2D eigenvalue weighted by Gasteiger charge is 2.00. The molecular formula is C7H9FN2O. The van der Waals surface area contributed by atoms with E-state index in [0.29, 0.717) is 18.0 Å². The average Bonchev–Trinajstić information content (AvgIpc) is 1.95. The molecule has 1 aromatic heterocycles. The van der Waals surface area contributed by atoms with Crippen molar-refractivity contribution < 1.29 is 9.13 Å². The fourth-order valence-corrected chi connectivity index (χ4v) is 0.741. The van der Waals surface area contributed by atoms with Crippen LogP contribution in [0.1, 0.15) is 5.69 Å². The number of aromatic nitrogens is 1. The first kappa shape index (κ1) is 7.94. The average molecular weight is 156 g/mol. The van der Waals surface area contributed by atoms with Crippen molar-refractivity contribution in [3.05, 3.63) is 23.8 Å². The Kier molecular flexibility index (Phi) is 2.38. The normalized spacial score (nSPS) is 10.0. The lowest BCUT2D eigenvalue weighted by Gasteiger charge is -2.01. The largest absolute Gasteiger partial charge is 0.397 e. The van der Waals surface area contributed by atoms with Crippen LogP contribution < -0.4 is 5.73 Å². The standard InChI is InChI=1S/C7H9FN2O/c1-11-4-7-6(9)2-5(8)3-10-7/h2-3H,4,9H2,1H3. The van der Waals surface area contributed by atoms with E-state index in [4.69, 9.17) is 10.5 Å². The Morgan fingerprint density at radius 2 is 2.45 bits per heavy atom. The summed E-state index contributed by atoms with van der Waals surface area (Å²) < 4.78 is 17.2. The summed E-state index contributed by atoms with van der Waals surface area (Å²) in [6.45, 7) is 0.312. The van der Waals surface area contributed by atoms with Crippen LogP contribution in [-0.4, -0.2) is 12.1 Å². The van der Waals surface area contributed by atoms with E-state index in [1.54, 1.807) is 0 Å². The Hall–Kier alpha value is -1.16. The van der Waals surface area contributed by atoms with E-state index in [1.165, 1.54) is 13.2 Å². The summed E-state index contributed by atoms with van der Waals surface area (Å²) >= 11 is 0. The van der Waals surface area contributed by atoms with Gasteiger partial charge in [0.1, 0.15) is 5.82 Å². The molecule has 0 aromatic carbocycles. The van der Waals surface area contributed by atoms with E-state index in [9.17, 15) is 4.39 Å². The molecule has 3 nitrogen and oxygen atoms in total. The molecule has 11 heavy (non-hydrogen) atoms. The molecule has 0 amide bonds. The highest BCUT2D eigenvalue weighted by molar-refractivity contribution is 5.41. The highest BCUT2D eigenvalue weighted by Crippen LogP contribution is 2.10. The zero-order chi connectivity index (χ0) is 8.27. The number of methoxy groups -OCH3 is 1. The minimum atomic E-state index is -0.428. The molecule has 4 heteroatoms. The van der Waals surface area contributed by atoms with Crippen LogP contribution in [-0.2, 0) is 11.3 Å². The van der Waals surface area contributed by atoms with Crippen LogP contribution >= 0.6 is 0 Å². The van der Waals surface area contributed by atoms with E-state index in [0.717, 1.165) is 6.20 Å². The van der Waals surface area contributed by atoms with Crippen LogP contribution in [0.15, 0.2) is 12.3 Å². The summed E-state index contributed by atoms with van der Waals surface area (Å²) in [5, 5.41) is 0. The number of hydrogen-bond acceptors (Lipinski definition) is 3. The molecule has 0 radical (unpaired) electrons. The molecule has 1 aromatic rings. The van der Waals surface area contributed by atoms with Gasteiger partial charge >= 0.3 is 0 Å². The minimum Gasteiger partial charge on any atom is -0.397 e. The number of halogens is 1. The van der Waals surface area contributed by atoms with Crippen LogP contribution in [0.2, 0.25) is 0 Å². The van der Waals surface area contributed by atoms with Gasteiger partial charge < -0.3 is 10.5 Å². The monoisotopic (exact) mass is 156 g/mol. The molecule has 0 atom stereocenters. The Balaban J connectivity index is 2.90. The molecule has 0 bridgehead atoms. The van der Waals surface area contributed by atoms with Crippen molar-refractivity contribution in [1.29, 1.82) is 0 Å². The van der Waals surface area contributed by atoms with Gasteiger partial charge in [-0.1, -0.05) is 0 Å². The Labute approximate surface area is 64.0 Å². The van der Waals surface area contributed by atoms with Crippen LogP contribution in [0.25, 0.3) is 0 Å². The topological polar surface area (TPSA) is 48.1 Å². The van der Waals surface area contributed by atoms with Gasteiger partial charge in [0.25, 0.3) is 0 Å². The molecular weight excluding hydrogens is 147 g/mol. The summed E-state index contributed by atoms with van der Waals surface area (Å²) in [5.74, 6) is -0.428. The Morgan fingerprint density at radius 3 is 3.00 bits per heavy atom. The zero-order valence-corrected chi connectivity index (χ0v) is 6.17. The van der Waals surface area contributed by atoms with Gasteiger partial charge in [0.15, 0.2) is 0 Å². The first-order valence-corrected chi connectivity index (χ1v) is 3.13. The van der Waals surface area contributed by atoms with E-state index in [1.807, 2.05) is 0 Å². The van der Waals surface area contributed by atoms with Gasteiger partial charge in [0, 0.05) is 13.2 Å². The smallest absolute Gasteiger partial charge is 0.143 e. The maximum atomic E-state index is 12.4. The van der Waals surface area contributed by atoms with Crippen molar-refractivity contribution in [3.8, 4) is 0 Å². The molecule has 2 N–H and O–H groups in total. The van der Waals surface area contributed by atoms with Gasteiger partial charge in [-0.25, -0.2) is 4.39 Å². The highest BCUT2D eigenvalue weighted by atomic mass is 19.1. The quantitative estimate of drug-likeness (QED) is 0.693. The lowest BCUT2D eigenvalue weighted by Crippen LogP contribution is -1.99. The second-order valence-electron chi connectivity index (χ2n) is 2.12. The van der Waals surface area contributed by atoms with Crippen LogP contribution in [0.5, 0.6) is 0 Å². The predicted octanol–water partition coefficient (Wildman–Crippen LogP) is 0.949. The summed E-state index contributed by atoms with van der Waals surface area (Å²) in [6.07, 6.45) is 1.12. The van der Waals surface area contributed by atoms with E-state index >= 15 is 0 Å². The van der Waals surface area contributed by atoms with Gasteiger partial charge in [-0.15, -0.1) is 0 Å². The number of anilines is 1. The molecule has 60 valence electrons. The number of nitrogens with two attached hydrogens (primary N) is 1. The van der Waals surface area contributed by atoms with Crippen molar-refractivity contribution in [3.63, 3.8) is 0 Å². The molecule has 0 aliphatic heterocycles. The number of hydrogen-bond donors (Lipinski definition) is 1. The van der Waals surface area contributed by atoms with E-state index < -0.39 is 5.82 Å². The Bertz CT molecular complexity index is 252. The fraction of sp³-hybridized carbons (Fsp3) is 0.286. The van der Waals surface area contributed by atoms with Crippen molar-refractivity contribution in [2.75, 3.05) is 12.8 Å². The third-order valence-corrected chi connectivity index (χ3v) is 1.25. The maximum Gasteiger partial charge on any atom is 0.143 e. The maximum absolute atomic E-state index is 12.4. The second-order valence-corrected chi connectivity index (χ2v) is 2.12. The molecule has 1 heterocycles. The Morgan fingerprint density at radius 1 is 1.73 bits per heavy atom. The van der Waals surface area contributed by atoms with Gasteiger partial charge in [0.2, 0.25) is 0 Å². The van der Waals surface area contributed by atoms with E-state index in [2.05, 4.69) is 4.98 Å². The summed E-state index contributed by atoms with van der Waals surface area (Å²) in [4.78, 5) is 3.74. The van der Waals surface area contributed by atoms with Crippen LogP contribution in [0.3, 0.4) is 0 Å². The molecule has 0 fully saturated rings. The number of nitrogens with zero attached hydrogens (tertiary/aromatic N) is 1. The molecule has 0 aliphatic carbocycles. The predicted molar refractivity (Wildman–Crippen MR) is 39.3 cm³/mol. The molecule has 0 saturated heterocycles. The molecule has 1 rings (SSSR count). The van der Waals surface area contributed by atoms with Gasteiger partial charge in [-0.3, -0.25) is 4.98 Å². The molecule has 0 unspecified atom stereocenters. The van der Waals surface area contributed by atoms with Gasteiger partial charge in [-0.2, -0.15) is 0 Å². The first-order valence-electron chi connectivity index (χ1n) is 3.13. The third kappa shape index (κ3) is 1.88. The molecule has 0 spiro atoms. The summed E-state index contributed by atoms with van der Waals surface area (Å²) in [6, 6.07) is 1.22. The lowest BCUT2D eigenvalue weighted by atomic mass is 10.3. The summed E-state index contributed by atoms with van der Waals surface area (Å²) in [5.41, 5.74) is 6.31. The molecule has 0 saturated carbocycles. The number of nitrogen functional groups attached to an aromatic ring is 1. The van der Waals surface area contributed by atoms with Crippen molar-refractivity contribution in [2.45, 2.75) is 6.61 Å². The van der Waals surface area contributed by atoms with Crippen molar-refractivity contribution in [2.24, 2.45) is 0 Å². The van der Waals surface area contributed by atoms with Crippen LogP contribution in [0, 0.1) is 5.82 Å². The van der Waals surface area contributed by atoms with E-state index in [-0.39, 0.29) is 0 Å². The molecule has 0 aliphatic rings.